The van der Waals surface area contributed by atoms with Gasteiger partial charge in [0, 0.05) is 58.1 Å². The van der Waals surface area contributed by atoms with E-state index in [1.54, 1.807) is 23.1 Å². The summed E-state index contributed by atoms with van der Waals surface area (Å²) in [6, 6.07) is 35.8. The lowest BCUT2D eigenvalue weighted by molar-refractivity contribution is -0.438. The molecular weight excluding hydrogens is 837 g/mol. The van der Waals surface area contributed by atoms with Crippen molar-refractivity contribution >= 4 is 79.6 Å². The third-order valence-corrected chi connectivity index (χ3v) is 16.9. The van der Waals surface area contributed by atoms with E-state index in [4.69, 9.17) is 10.2 Å². The van der Waals surface area contributed by atoms with Gasteiger partial charge in [0.2, 0.25) is 5.69 Å². The van der Waals surface area contributed by atoms with Crippen LogP contribution in [0.2, 0.25) is 0 Å². The highest BCUT2D eigenvalue weighted by Crippen LogP contribution is 2.52. The van der Waals surface area contributed by atoms with Crippen LogP contribution in [-0.2, 0) is 16.6 Å². The molecule has 0 unspecified atom stereocenters. The van der Waals surface area contributed by atoms with Gasteiger partial charge in [-0.25, -0.2) is 0 Å². The zero-order valence-electron chi connectivity index (χ0n) is 38.4. The van der Waals surface area contributed by atoms with E-state index in [-0.39, 0.29) is 10.8 Å². The minimum absolute atomic E-state index is 0.155. The Kier molecular flexibility index (Phi) is 13.1. The van der Waals surface area contributed by atoms with Crippen LogP contribution in [-0.4, -0.2) is 33.6 Å². The molecule has 6 aromatic rings. The average Bonchev–Trinajstić information content (AvgIpc) is 3.92. The number of nitrogens with zero attached hydrogens (tertiary/aromatic N) is 4. The SMILES string of the molecule is C=Cc1cccc(CSc2nnc(SC3=C(/C=C/C4=[N+](CCCC)c5ccc6ccccc6c5C4(C)C)CCC/C3=C\C=C3\N(CCCC)c4ccc5ccccc5c4C3(C)C)s2)c1. The Bertz CT molecular complexity index is 2900. The fraction of sp³-hybridized carbons (Fsp3) is 0.316. The number of aromatic nitrogens is 2. The van der Waals surface area contributed by atoms with Gasteiger partial charge in [-0.3, -0.25) is 0 Å². The van der Waals surface area contributed by atoms with E-state index in [0.29, 0.717) is 0 Å². The van der Waals surface area contributed by atoms with Crippen molar-refractivity contribution in [1.29, 1.82) is 0 Å². The second-order valence-electron chi connectivity index (χ2n) is 18.5. The lowest BCUT2D eigenvalue weighted by atomic mass is 9.78. The largest absolute Gasteiger partial charge is 0.344 e. The molecular formula is C57H61N4S3+. The van der Waals surface area contributed by atoms with E-state index in [1.807, 2.05) is 17.8 Å². The molecule has 1 aromatic heterocycles. The topological polar surface area (TPSA) is 32.0 Å². The number of allylic oxidation sites excluding steroid dienone is 7. The molecule has 0 saturated carbocycles. The Hall–Kier alpha value is -4.95. The van der Waals surface area contributed by atoms with Crippen LogP contribution in [0.25, 0.3) is 27.6 Å². The molecule has 0 spiro atoms. The summed E-state index contributed by atoms with van der Waals surface area (Å²) in [4.78, 5) is 3.94. The summed E-state index contributed by atoms with van der Waals surface area (Å²) in [7, 11) is 0. The van der Waals surface area contributed by atoms with Gasteiger partial charge in [-0.15, -0.1) is 10.2 Å². The molecule has 0 fully saturated rings. The van der Waals surface area contributed by atoms with Crippen molar-refractivity contribution < 1.29 is 4.58 Å². The van der Waals surface area contributed by atoms with E-state index in [1.165, 1.54) is 77.1 Å². The molecule has 0 amide bonds. The van der Waals surface area contributed by atoms with Crippen LogP contribution in [0.4, 0.5) is 11.4 Å². The number of thioether (sulfide) groups is 2. The predicted molar refractivity (Wildman–Crippen MR) is 279 cm³/mol. The second-order valence-corrected chi connectivity index (χ2v) is 21.9. The van der Waals surface area contributed by atoms with E-state index in [9.17, 15) is 0 Å². The second kappa shape index (κ2) is 18.9. The summed E-state index contributed by atoms with van der Waals surface area (Å²) in [6.07, 6.45) is 19.5. The van der Waals surface area contributed by atoms with Gasteiger partial charge in [0.25, 0.3) is 0 Å². The van der Waals surface area contributed by atoms with E-state index < -0.39 is 0 Å². The standard InChI is InChI=1S/C57H61N4S3/c1-8-11-35-60-47-31-27-41-21-13-15-25-45(41)51(47)56(4,5)49(60)33-29-43-23-18-24-44(53(43)63-55-59-58-54(64-55)62-38-40-20-17-19-39(10-3)37-40)30-34-50-57(6,7)52-46-26-16-14-22-42(46)28-32-48(52)61(50)36-12-9-2/h10,13-17,19-22,25-34,37H,3,8-9,11-12,18,23-24,35-36,38H2,1-2,4-7H3/q+1. The first-order valence-electron chi connectivity index (χ1n) is 23.3. The molecule has 0 radical (unpaired) electrons. The molecule has 0 bridgehead atoms. The van der Waals surface area contributed by atoms with Crippen LogP contribution in [0.3, 0.4) is 0 Å². The Morgan fingerprint density at radius 2 is 1.50 bits per heavy atom. The van der Waals surface area contributed by atoms with Crippen molar-refractivity contribution in [3.05, 3.63) is 172 Å². The van der Waals surface area contributed by atoms with Crippen molar-refractivity contribution in [2.75, 3.05) is 18.0 Å². The van der Waals surface area contributed by atoms with Crippen LogP contribution in [0.5, 0.6) is 0 Å². The van der Waals surface area contributed by atoms with Gasteiger partial charge in [0.1, 0.15) is 6.54 Å². The first-order chi connectivity index (χ1) is 31.1. The number of benzene rings is 5. The Morgan fingerprint density at radius 3 is 2.27 bits per heavy atom. The van der Waals surface area contributed by atoms with Gasteiger partial charge in [0.15, 0.2) is 14.4 Å². The predicted octanol–water partition coefficient (Wildman–Crippen LogP) is 16.2. The zero-order valence-corrected chi connectivity index (χ0v) is 40.9. The number of hydrogen-bond acceptors (Lipinski definition) is 6. The number of anilines is 1. The van der Waals surface area contributed by atoms with Gasteiger partial charge in [-0.05, 0) is 107 Å². The number of unbranched alkanes of at least 4 members (excludes halogenated alkanes) is 2. The fourth-order valence-corrected chi connectivity index (χ4v) is 13.4. The minimum atomic E-state index is -0.155. The average molecular weight is 898 g/mol. The molecule has 5 aromatic carbocycles. The summed E-state index contributed by atoms with van der Waals surface area (Å²) < 4.78 is 4.61. The van der Waals surface area contributed by atoms with E-state index >= 15 is 0 Å². The van der Waals surface area contributed by atoms with Crippen LogP contribution in [0, 0.1) is 0 Å². The normalized spacial score (nSPS) is 18.1. The zero-order chi connectivity index (χ0) is 44.4. The summed E-state index contributed by atoms with van der Waals surface area (Å²) in [5.74, 6) is 0.846. The van der Waals surface area contributed by atoms with Crippen molar-refractivity contribution in [1.82, 2.24) is 10.2 Å². The van der Waals surface area contributed by atoms with Crippen LogP contribution in [0.1, 0.15) is 109 Å². The molecule has 3 aliphatic rings. The molecule has 0 atom stereocenters. The van der Waals surface area contributed by atoms with Crippen LogP contribution in [0.15, 0.2) is 158 Å². The van der Waals surface area contributed by atoms with Gasteiger partial charge in [0.05, 0.1) is 5.41 Å². The summed E-state index contributed by atoms with van der Waals surface area (Å²) in [6.45, 7) is 20.3. The maximum absolute atomic E-state index is 4.82. The van der Waals surface area contributed by atoms with Crippen LogP contribution < -0.4 is 4.90 Å². The number of rotatable bonds is 15. The molecule has 326 valence electrons. The molecule has 4 nitrogen and oxygen atoms in total. The van der Waals surface area contributed by atoms with Gasteiger partial charge < -0.3 is 4.90 Å². The van der Waals surface area contributed by atoms with Gasteiger partial charge >= 0.3 is 0 Å². The highest BCUT2D eigenvalue weighted by Gasteiger charge is 2.45. The highest BCUT2D eigenvalue weighted by atomic mass is 32.2. The smallest absolute Gasteiger partial charge is 0.210 e. The molecule has 7 heteroatoms. The van der Waals surface area contributed by atoms with E-state index in [0.717, 1.165) is 78.0 Å². The Labute approximate surface area is 393 Å². The highest BCUT2D eigenvalue weighted by molar-refractivity contribution is 8.05. The van der Waals surface area contributed by atoms with Crippen LogP contribution >= 0.6 is 34.9 Å². The summed E-state index contributed by atoms with van der Waals surface area (Å²) in [5, 5.41) is 14.9. The molecule has 9 rings (SSSR count). The van der Waals surface area contributed by atoms with Crippen molar-refractivity contribution in [2.24, 2.45) is 0 Å². The van der Waals surface area contributed by atoms with Gasteiger partial charge in [-0.2, -0.15) is 4.58 Å². The lowest BCUT2D eigenvalue weighted by Gasteiger charge is -2.27. The van der Waals surface area contributed by atoms with Gasteiger partial charge in [-0.1, -0.05) is 179 Å². The minimum Gasteiger partial charge on any atom is -0.344 e. The number of fused-ring (bicyclic) bond motifs is 6. The van der Waals surface area contributed by atoms with E-state index in [2.05, 4.69) is 179 Å². The molecule has 1 aliphatic carbocycles. The maximum Gasteiger partial charge on any atom is 0.210 e. The molecule has 2 aliphatic heterocycles. The van der Waals surface area contributed by atoms with Crippen molar-refractivity contribution in [3.8, 4) is 0 Å². The first kappa shape index (κ1) is 44.3. The first-order valence-corrected chi connectivity index (χ1v) is 25.9. The monoisotopic (exact) mass is 897 g/mol. The molecule has 3 heterocycles. The van der Waals surface area contributed by atoms with Crippen molar-refractivity contribution in [3.63, 3.8) is 0 Å². The number of hydrogen-bond donors (Lipinski definition) is 0. The summed E-state index contributed by atoms with van der Waals surface area (Å²) >= 11 is 5.29. The third kappa shape index (κ3) is 8.52. The molecule has 0 N–H and O–H groups in total. The van der Waals surface area contributed by atoms with Crippen molar-refractivity contribution in [2.45, 2.75) is 112 Å². The maximum atomic E-state index is 4.82. The summed E-state index contributed by atoms with van der Waals surface area (Å²) in [5.41, 5.74) is 13.2. The molecule has 0 saturated heterocycles. The third-order valence-electron chi connectivity index (χ3n) is 13.5. The Morgan fingerprint density at radius 1 is 0.766 bits per heavy atom. The quantitative estimate of drug-likeness (QED) is 0.0757. The fourth-order valence-electron chi connectivity index (χ4n) is 10.2. The Balaban J connectivity index is 1.12. The molecule has 64 heavy (non-hydrogen) atoms. The lowest BCUT2D eigenvalue weighted by Crippen LogP contribution is -2.28.